The average molecular weight is 376 g/mol. The number of nitrogens with zero attached hydrogens (tertiary/aromatic N) is 1. The standard InChI is InChI=1S/C22H25F3NO/c23-22(24,25)19-8-6-17(7-9-19)15-26-12-10-18(11-13-26)21(27)20(26)14-16-4-2-1-3-5-16/h1-9,18,20-21,27H,10-15H2/q+1/t18?,20-,21-,26?/m1/s1. The molecule has 0 aliphatic carbocycles. The number of piperidine rings is 3. The zero-order valence-electron chi connectivity index (χ0n) is 15.2. The van der Waals surface area contributed by atoms with Crippen molar-refractivity contribution in [2.24, 2.45) is 5.92 Å². The summed E-state index contributed by atoms with van der Waals surface area (Å²) in [4.78, 5) is 0. The van der Waals surface area contributed by atoms with E-state index in [-0.39, 0.29) is 12.1 Å². The van der Waals surface area contributed by atoms with Crippen LogP contribution in [0.2, 0.25) is 0 Å². The molecule has 0 unspecified atom stereocenters. The van der Waals surface area contributed by atoms with Gasteiger partial charge < -0.3 is 9.59 Å². The molecule has 0 spiro atoms. The van der Waals surface area contributed by atoms with Gasteiger partial charge in [-0.2, -0.15) is 13.2 Å². The maximum atomic E-state index is 12.8. The van der Waals surface area contributed by atoms with Crippen LogP contribution in [0.5, 0.6) is 0 Å². The van der Waals surface area contributed by atoms with E-state index in [2.05, 4.69) is 12.1 Å². The second kappa shape index (κ2) is 6.95. The number of fused-ring (bicyclic) bond motifs is 3. The van der Waals surface area contributed by atoms with Gasteiger partial charge >= 0.3 is 6.18 Å². The predicted octanol–water partition coefficient (Wildman–Crippen LogP) is 4.42. The van der Waals surface area contributed by atoms with Crippen molar-refractivity contribution in [2.75, 3.05) is 13.1 Å². The topological polar surface area (TPSA) is 20.2 Å². The number of aliphatic hydroxyl groups is 1. The smallest absolute Gasteiger partial charge is 0.387 e. The molecule has 2 bridgehead atoms. The van der Waals surface area contributed by atoms with E-state index in [9.17, 15) is 18.3 Å². The average Bonchev–Trinajstić information content (AvgIpc) is 2.66. The number of rotatable bonds is 4. The molecule has 5 heteroatoms. The SMILES string of the molecule is O[C@@H]1C2CC[N+](Cc3ccc(C(F)(F)F)cc3)(CC2)[C@@H]1Cc1ccccc1. The molecular weight excluding hydrogens is 351 g/mol. The van der Waals surface area contributed by atoms with E-state index >= 15 is 0 Å². The Labute approximate surface area is 157 Å². The highest BCUT2D eigenvalue weighted by Gasteiger charge is 2.52. The van der Waals surface area contributed by atoms with Crippen molar-refractivity contribution in [2.45, 2.75) is 44.1 Å². The molecule has 5 rings (SSSR count). The lowest BCUT2D eigenvalue weighted by Gasteiger charge is -2.57. The Kier molecular flexibility index (Phi) is 4.77. The van der Waals surface area contributed by atoms with Crippen LogP contribution in [0.1, 0.15) is 29.5 Å². The van der Waals surface area contributed by atoms with Gasteiger partial charge in [-0.05, 0) is 17.7 Å². The van der Waals surface area contributed by atoms with Gasteiger partial charge in [-0.1, -0.05) is 42.5 Å². The molecule has 27 heavy (non-hydrogen) atoms. The first-order valence-electron chi connectivity index (χ1n) is 9.61. The van der Waals surface area contributed by atoms with Crippen LogP contribution in [0.3, 0.4) is 0 Å². The summed E-state index contributed by atoms with van der Waals surface area (Å²) in [5.41, 5.74) is 1.51. The van der Waals surface area contributed by atoms with Crippen LogP contribution in [0, 0.1) is 5.92 Å². The molecule has 144 valence electrons. The fraction of sp³-hybridized carbons (Fsp3) is 0.455. The quantitative estimate of drug-likeness (QED) is 0.784. The summed E-state index contributed by atoms with van der Waals surface area (Å²) in [7, 11) is 0. The molecule has 3 aliphatic heterocycles. The minimum absolute atomic E-state index is 0.0993. The van der Waals surface area contributed by atoms with Gasteiger partial charge in [0.2, 0.25) is 0 Å². The monoisotopic (exact) mass is 376 g/mol. The van der Waals surface area contributed by atoms with Crippen LogP contribution in [0.4, 0.5) is 13.2 Å². The Morgan fingerprint density at radius 3 is 2.11 bits per heavy atom. The van der Waals surface area contributed by atoms with Crippen molar-refractivity contribution in [3.63, 3.8) is 0 Å². The Morgan fingerprint density at radius 2 is 1.52 bits per heavy atom. The minimum atomic E-state index is -4.30. The predicted molar refractivity (Wildman–Crippen MR) is 97.8 cm³/mol. The lowest BCUT2D eigenvalue weighted by Crippen LogP contribution is -2.69. The maximum absolute atomic E-state index is 12.8. The molecule has 2 aromatic rings. The second-order valence-electron chi connectivity index (χ2n) is 8.10. The summed E-state index contributed by atoms with van der Waals surface area (Å²) >= 11 is 0. The highest BCUT2D eigenvalue weighted by molar-refractivity contribution is 5.24. The minimum Gasteiger partial charge on any atom is -0.387 e. The highest BCUT2D eigenvalue weighted by atomic mass is 19.4. The van der Waals surface area contributed by atoms with Crippen molar-refractivity contribution >= 4 is 0 Å². The molecular formula is C22H25F3NO+. The number of alkyl halides is 3. The highest BCUT2D eigenvalue weighted by Crippen LogP contribution is 2.41. The molecule has 3 aliphatic rings. The Bertz CT molecular complexity index is 764. The van der Waals surface area contributed by atoms with E-state index in [1.54, 1.807) is 12.1 Å². The van der Waals surface area contributed by atoms with Crippen LogP contribution in [-0.2, 0) is 19.1 Å². The van der Waals surface area contributed by atoms with E-state index in [1.165, 1.54) is 17.7 Å². The number of hydrogen-bond donors (Lipinski definition) is 1. The molecule has 3 heterocycles. The van der Waals surface area contributed by atoms with Crippen molar-refractivity contribution in [3.8, 4) is 0 Å². The number of quaternary nitrogens is 1. The van der Waals surface area contributed by atoms with E-state index < -0.39 is 11.7 Å². The fourth-order valence-corrected chi connectivity index (χ4v) is 5.02. The molecule has 2 nitrogen and oxygen atoms in total. The lowest BCUT2D eigenvalue weighted by atomic mass is 9.75. The van der Waals surface area contributed by atoms with Crippen LogP contribution in [0.15, 0.2) is 54.6 Å². The second-order valence-corrected chi connectivity index (χ2v) is 8.10. The Hall–Kier alpha value is -1.85. The number of hydrogen-bond acceptors (Lipinski definition) is 1. The number of aliphatic hydroxyl groups excluding tert-OH is 1. The van der Waals surface area contributed by atoms with Crippen molar-refractivity contribution in [3.05, 3.63) is 71.3 Å². The van der Waals surface area contributed by atoms with Gasteiger partial charge in [-0.15, -0.1) is 0 Å². The number of benzene rings is 2. The van der Waals surface area contributed by atoms with E-state index in [0.29, 0.717) is 12.5 Å². The molecule has 2 atom stereocenters. The molecule has 1 N–H and O–H groups in total. The van der Waals surface area contributed by atoms with Gasteiger partial charge in [0.25, 0.3) is 0 Å². The van der Waals surface area contributed by atoms with Gasteiger partial charge in [-0.25, -0.2) is 0 Å². The van der Waals surface area contributed by atoms with Gasteiger partial charge in [0, 0.05) is 30.7 Å². The summed E-state index contributed by atoms with van der Waals surface area (Å²) in [5.74, 6) is 0.353. The molecule has 0 aromatic heterocycles. The maximum Gasteiger partial charge on any atom is 0.416 e. The lowest BCUT2D eigenvalue weighted by molar-refractivity contribution is -0.982. The van der Waals surface area contributed by atoms with Crippen LogP contribution < -0.4 is 0 Å². The molecule has 0 saturated carbocycles. The summed E-state index contributed by atoms with van der Waals surface area (Å²) in [6, 6.07) is 15.8. The first-order chi connectivity index (χ1) is 12.9. The van der Waals surface area contributed by atoms with Crippen LogP contribution in [-0.4, -0.2) is 34.8 Å². The van der Waals surface area contributed by atoms with Crippen LogP contribution >= 0.6 is 0 Å². The third kappa shape index (κ3) is 3.63. The van der Waals surface area contributed by atoms with E-state index in [4.69, 9.17) is 0 Å². The molecule has 0 amide bonds. The first-order valence-corrected chi connectivity index (χ1v) is 9.61. The summed E-state index contributed by atoms with van der Waals surface area (Å²) < 4.78 is 39.3. The van der Waals surface area contributed by atoms with Crippen molar-refractivity contribution < 1.29 is 22.8 Å². The molecule has 2 aromatic carbocycles. The Morgan fingerprint density at radius 1 is 0.889 bits per heavy atom. The normalized spacial score (nSPS) is 30.4. The zero-order chi connectivity index (χ0) is 19.1. The molecule has 3 fully saturated rings. The number of halogens is 3. The summed E-state index contributed by atoms with van der Waals surface area (Å²) in [6.07, 6.45) is -1.86. The molecule has 3 saturated heterocycles. The van der Waals surface area contributed by atoms with Crippen LogP contribution in [0.25, 0.3) is 0 Å². The van der Waals surface area contributed by atoms with Gasteiger partial charge in [-0.3, -0.25) is 0 Å². The summed E-state index contributed by atoms with van der Waals surface area (Å²) in [6.45, 7) is 2.65. The fourth-order valence-electron chi connectivity index (χ4n) is 5.02. The van der Waals surface area contributed by atoms with Crippen molar-refractivity contribution in [1.82, 2.24) is 0 Å². The van der Waals surface area contributed by atoms with E-state index in [1.807, 2.05) is 18.2 Å². The first kappa shape index (κ1) is 18.5. The molecule has 0 radical (unpaired) electrons. The third-order valence-electron chi connectivity index (χ3n) is 6.54. The Balaban J connectivity index is 1.59. The van der Waals surface area contributed by atoms with Gasteiger partial charge in [0.05, 0.1) is 18.7 Å². The zero-order valence-corrected chi connectivity index (χ0v) is 15.2. The van der Waals surface area contributed by atoms with Crippen molar-refractivity contribution in [1.29, 1.82) is 0 Å². The van der Waals surface area contributed by atoms with Gasteiger partial charge in [0.1, 0.15) is 18.7 Å². The van der Waals surface area contributed by atoms with E-state index in [0.717, 1.165) is 42.4 Å². The largest absolute Gasteiger partial charge is 0.416 e. The summed E-state index contributed by atoms with van der Waals surface area (Å²) in [5, 5.41) is 11.0. The van der Waals surface area contributed by atoms with Gasteiger partial charge in [0.15, 0.2) is 0 Å². The third-order valence-corrected chi connectivity index (χ3v) is 6.54.